The first-order chi connectivity index (χ1) is 12.7. The standard InChI is InChI=1S/C16H22O11/c17-3-8-10(19)11(20)12(21)15(26-8)27-14-9-6(1-2-16(9,24)5-18)7(4-25-14)13(22)23/h1-2,4,6,8-12,14-15,17-21,24H,3,5H2,(H,22,23)/t6-,8+,9-,10+,11-,12+,14+,15-,16-/m0/s1. The van der Waals surface area contributed by atoms with E-state index in [0.717, 1.165) is 6.26 Å². The Balaban J connectivity index is 1.84. The largest absolute Gasteiger partial charge is 0.478 e. The monoisotopic (exact) mass is 390 g/mol. The first kappa shape index (κ1) is 20.2. The van der Waals surface area contributed by atoms with E-state index in [4.69, 9.17) is 14.2 Å². The highest BCUT2D eigenvalue weighted by atomic mass is 16.8. The van der Waals surface area contributed by atoms with Gasteiger partial charge in [0.2, 0.25) is 6.29 Å². The van der Waals surface area contributed by atoms with Gasteiger partial charge in [-0.05, 0) is 0 Å². The van der Waals surface area contributed by atoms with Crippen LogP contribution >= 0.6 is 0 Å². The minimum Gasteiger partial charge on any atom is -0.478 e. The van der Waals surface area contributed by atoms with Crippen LogP contribution in [0.3, 0.4) is 0 Å². The van der Waals surface area contributed by atoms with Crippen molar-refractivity contribution in [2.45, 2.75) is 42.6 Å². The number of allylic oxidation sites excluding steroid dienone is 1. The van der Waals surface area contributed by atoms with Gasteiger partial charge in [0.25, 0.3) is 0 Å². The molecule has 3 aliphatic rings. The molecular formula is C16H22O11. The Hall–Kier alpha value is -1.57. The summed E-state index contributed by atoms with van der Waals surface area (Å²) < 4.78 is 16.0. The lowest BCUT2D eigenvalue weighted by Crippen LogP contribution is -2.61. The maximum atomic E-state index is 11.4. The van der Waals surface area contributed by atoms with Gasteiger partial charge in [-0.3, -0.25) is 0 Å². The topological polar surface area (TPSA) is 186 Å². The maximum Gasteiger partial charge on any atom is 0.335 e. The number of carboxylic acid groups (broad SMARTS) is 1. The molecule has 7 N–H and O–H groups in total. The number of fused-ring (bicyclic) bond motifs is 1. The molecule has 1 saturated heterocycles. The van der Waals surface area contributed by atoms with Crippen LogP contribution in [0, 0.1) is 11.8 Å². The van der Waals surface area contributed by atoms with Crippen LogP contribution in [0.5, 0.6) is 0 Å². The zero-order valence-corrected chi connectivity index (χ0v) is 14.0. The Morgan fingerprint density at radius 3 is 2.44 bits per heavy atom. The Morgan fingerprint density at radius 1 is 1.15 bits per heavy atom. The minimum absolute atomic E-state index is 0.158. The van der Waals surface area contributed by atoms with Crippen LogP contribution in [-0.4, -0.2) is 97.5 Å². The number of carbonyl (C=O) groups is 1. The fraction of sp³-hybridized carbons (Fsp3) is 0.688. The number of aliphatic carboxylic acids is 1. The lowest BCUT2D eigenvalue weighted by atomic mass is 9.79. The van der Waals surface area contributed by atoms with E-state index in [2.05, 4.69) is 0 Å². The van der Waals surface area contributed by atoms with Crippen LogP contribution < -0.4 is 0 Å². The van der Waals surface area contributed by atoms with Crippen LogP contribution in [0.2, 0.25) is 0 Å². The van der Waals surface area contributed by atoms with Crippen LogP contribution in [0.4, 0.5) is 0 Å². The van der Waals surface area contributed by atoms with Crippen molar-refractivity contribution in [1.82, 2.24) is 0 Å². The van der Waals surface area contributed by atoms with E-state index in [-0.39, 0.29) is 5.57 Å². The highest BCUT2D eigenvalue weighted by molar-refractivity contribution is 5.87. The normalized spacial score (nSPS) is 46.5. The molecule has 9 atom stereocenters. The fourth-order valence-corrected chi connectivity index (χ4v) is 3.60. The van der Waals surface area contributed by atoms with E-state index < -0.39 is 73.6 Å². The average molecular weight is 390 g/mol. The van der Waals surface area contributed by atoms with Crippen molar-refractivity contribution in [3.63, 3.8) is 0 Å². The second-order valence-corrected chi connectivity index (χ2v) is 6.78. The van der Waals surface area contributed by atoms with Gasteiger partial charge < -0.3 is 50.0 Å². The lowest BCUT2D eigenvalue weighted by molar-refractivity contribution is -0.346. The highest BCUT2D eigenvalue weighted by Crippen LogP contribution is 2.45. The molecule has 0 amide bonds. The first-order valence-corrected chi connectivity index (χ1v) is 8.31. The molecule has 3 rings (SSSR count). The summed E-state index contributed by atoms with van der Waals surface area (Å²) in [6.07, 6.45) is -5.48. The third-order valence-electron chi connectivity index (χ3n) is 5.15. The van der Waals surface area contributed by atoms with E-state index in [0.29, 0.717) is 0 Å². The Labute approximate surface area is 153 Å². The molecule has 0 aromatic carbocycles. The molecule has 0 spiro atoms. The van der Waals surface area contributed by atoms with Crippen LogP contribution in [0.15, 0.2) is 24.0 Å². The second kappa shape index (κ2) is 7.45. The predicted octanol–water partition coefficient (Wildman–Crippen LogP) is -3.35. The number of ether oxygens (including phenoxy) is 3. The Kier molecular flexibility index (Phi) is 5.57. The van der Waals surface area contributed by atoms with E-state index in [1.165, 1.54) is 12.2 Å². The molecule has 27 heavy (non-hydrogen) atoms. The quantitative estimate of drug-likeness (QED) is 0.233. The van der Waals surface area contributed by atoms with E-state index in [1.807, 2.05) is 0 Å². The summed E-state index contributed by atoms with van der Waals surface area (Å²) in [5.41, 5.74) is -2.01. The maximum absolute atomic E-state index is 11.4. The van der Waals surface area contributed by atoms with E-state index in [9.17, 15) is 40.5 Å². The number of hydrogen-bond acceptors (Lipinski definition) is 10. The molecule has 0 saturated carbocycles. The molecule has 0 bridgehead atoms. The molecule has 0 unspecified atom stereocenters. The number of aliphatic hydroxyl groups excluding tert-OH is 5. The summed E-state index contributed by atoms with van der Waals surface area (Å²) in [5, 5.41) is 68.4. The zero-order chi connectivity index (χ0) is 19.9. The van der Waals surface area contributed by atoms with Crippen LogP contribution in [0.25, 0.3) is 0 Å². The molecule has 1 fully saturated rings. The van der Waals surface area contributed by atoms with Gasteiger partial charge in [0.1, 0.15) is 30.0 Å². The average Bonchev–Trinajstić information content (AvgIpc) is 3.01. The van der Waals surface area contributed by atoms with Crippen LogP contribution in [-0.2, 0) is 19.0 Å². The third kappa shape index (κ3) is 3.37. The Morgan fingerprint density at radius 2 is 1.85 bits per heavy atom. The zero-order valence-electron chi connectivity index (χ0n) is 14.0. The number of hydrogen-bond donors (Lipinski definition) is 7. The molecule has 0 radical (unpaired) electrons. The lowest BCUT2D eigenvalue weighted by Gasteiger charge is -2.44. The molecule has 152 valence electrons. The minimum atomic E-state index is -1.85. The summed E-state index contributed by atoms with van der Waals surface area (Å²) >= 11 is 0. The molecule has 11 heteroatoms. The van der Waals surface area contributed by atoms with E-state index in [1.54, 1.807) is 0 Å². The molecule has 0 aromatic rings. The van der Waals surface area contributed by atoms with Crippen LogP contribution in [0.1, 0.15) is 0 Å². The smallest absolute Gasteiger partial charge is 0.335 e. The van der Waals surface area contributed by atoms with Crippen molar-refractivity contribution >= 4 is 5.97 Å². The van der Waals surface area contributed by atoms with Gasteiger partial charge in [-0.25, -0.2) is 4.79 Å². The van der Waals surface area contributed by atoms with Crippen molar-refractivity contribution in [3.8, 4) is 0 Å². The summed E-state index contributed by atoms with van der Waals surface area (Å²) in [4.78, 5) is 11.4. The van der Waals surface area contributed by atoms with Crippen molar-refractivity contribution < 1.29 is 54.8 Å². The summed E-state index contributed by atoms with van der Waals surface area (Å²) in [7, 11) is 0. The molecule has 0 aromatic heterocycles. The Bertz CT molecular complexity index is 632. The number of aliphatic hydroxyl groups is 6. The molecule has 2 aliphatic heterocycles. The van der Waals surface area contributed by atoms with Gasteiger partial charge >= 0.3 is 5.97 Å². The first-order valence-electron chi connectivity index (χ1n) is 8.31. The number of carboxylic acids is 1. The van der Waals surface area contributed by atoms with Crippen molar-refractivity contribution in [3.05, 3.63) is 24.0 Å². The molecule has 2 heterocycles. The predicted molar refractivity (Wildman–Crippen MR) is 83.6 cm³/mol. The summed E-state index contributed by atoms with van der Waals surface area (Å²) in [5.74, 6) is -3.20. The van der Waals surface area contributed by atoms with Crippen molar-refractivity contribution in [2.75, 3.05) is 13.2 Å². The molecule has 11 nitrogen and oxygen atoms in total. The van der Waals surface area contributed by atoms with Crippen molar-refractivity contribution in [1.29, 1.82) is 0 Å². The van der Waals surface area contributed by atoms with Gasteiger partial charge in [-0.1, -0.05) is 12.2 Å². The summed E-state index contributed by atoms with van der Waals surface area (Å²) in [6, 6.07) is 0. The second-order valence-electron chi connectivity index (χ2n) is 6.78. The summed E-state index contributed by atoms with van der Waals surface area (Å²) in [6.45, 7) is -1.40. The number of rotatable bonds is 5. The van der Waals surface area contributed by atoms with Gasteiger partial charge in [0.15, 0.2) is 6.29 Å². The van der Waals surface area contributed by atoms with Gasteiger partial charge in [-0.15, -0.1) is 0 Å². The van der Waals surface area contributed by atoms with Gasteiger partial charge in [-0.2, -0.15) is 0 Å². The van der Waals surface area contributed by atoms with E-state index >= 15 is 0 Å². The van der Waals surface area contributed by atoms with Gasteiger partial charge in [0.05, 0.1) is 31.0 Å². The third-order valence-corrected chi connectivity index (χ3v) is 5.15. The molecular weight excluding hydrogens is 368 g/mol. The SMILES string of the molecule is O=C(O)C1=CO[C@H](O[C@@H]2O[C@H](CO)[C@@H](O)[C@H](O)[C@H]2O)[C@@H]2[C@H]1C=C[C@]2(O)CO. The van der Waals surface area contributed by atoms with Crippen molar-refractivity contribution in [2.24, 2.45) is 11.8 Å². The highest BCUT2D eigenvalue weighted by Gasteiger charge is 2.55. The van der Waals surface area contributed by atoms with Gasteiger partial charge in [0, 0.05) is 5.92 Å². The molecule has 1 aliphatic carbocycles. The fourth-order valence-electron chi connectivity index (χ4n) is 3.60.